The molecule has 0 aliphatic heterocycles. The lowest BCUT2D eigenvalue weighted by Crippen LogP contribution is -2.19. The van der Waals surface area contributed by atoms with Crippen molar-refractivity contribution in [1.29, 1.82) is 0 Å². The van der Waals surface area contributed by atoms with Crippen LogP contribution in [0.15, 0.2) is 61.7 Å². The molecule has 0 fully saturated rings. The van der Waals surface area contributed by atoms with Crippen LogP contribution < -0.4 is 10.5 Å². The van der Waals surface area contributed by atoms with Crippen molar-refractivity contribution in [3.8, 4) is 16.9 Å². The summed E-state index contributed by atoms with van der Waals surface area (Å²) < 4.78 is 41.1. The van der Waals surface area contributed by atoms with Crippen LogP contribution in [0, 0.1) is 6.92 Å². The number of ether oxygens (including phenoxy) is 1. The minimum atomic E-state index is -4.35. The Hall–Kier alpha value is -2.76. The number of alkyl halides is 3. The predicted octanol–water partition coefficient (Wildman–Crippen LogP) is 5.96. The van der Waals surface area contributed by atoms with Gasteiger partial charge in [0.25, 0.3) is 0 Å². The SMILES string of the molecule is C=CC=C.CC.Cc1nc(N)ccc1-c1cccc(OCC(F)(F)F)c1. The van der Waals surface area contributed by atoms with E-state index in [2.05, 4.69) is 18.1 Å². The van der Waals surface area contributed by atoms with E-state index < -0.39 is 12.8 Å². The topological polar surface area (TPSA) is 48.1 Å². The zero-order chi connectivity index (χ0) is 20.2. The zero-order valence-electron chi connectivity index (χ0n) is 15.3. The van der Waals surface area contributed by atoms with Gasteiger partial charge in [-0.3, -0.25) is 0 Å². The molecule has 0 spiro atoms. The molecule has 2 aromatic rings. The van der Waals surface area contributed by atoms with Gasteiger partial charge in [0.15, 0.2) is 6.61 Å². The molecule has 0 amide bonds. The summed E-state index contributed by atoms with van der Waals surface area (Å²) in [5, 5.41) is 0. The third-order valence-corrected chi connectivity index (χ3v) is 2.82. The van der Waals surface area contributed by atoms with Gasteiger partial charge in [-0.25, -0.2) is 4.98 Å². The molecule has 26 heavy (non-hydrogen) atoms. The molecule has 2 rings (SSSR count). The highest BCUT2D eigenvalue weighted by atomic mass is 19.4. The van der Waals surface area contributed by atoms with E-state index in [1.807, 2.05) is 13.8 Å². The van der Waals surface area contributed by atoms with Gasteiger partial charge in [0, 0.05) is 11.3 Å². The molecule has 0 aliphatic carbocycles. The maximum Gasteiger partial charge on any atom is 0.422 e. The molecule has 0 aliphatic rings. The number of nitrogen functional groups attached to an aromatic ring is 1. The second-order valence-electron chi connectivity index (χ2n) is 4.77. The summed E-state index contributed by atoms with van der Waals surface area (Å²) >= 11 is 0. The number of rotatable bonds is 4. The third-order valence-electron chi connectivity index (χ3n) is 2.82. The van der Waals surface area contributed by atoms with Crippen LogP contribution in [0.1, 0.15) is 19.5 Å². The number of benzene rings is 1. The molecule has 0 unspecified atom stereocenters. The van der Waals surface area contributed by atoms with Gasteiger partial charge in [0.05, 0.1) is 0 Å². The first-order valence-corrected chi connectivity index (χ1v) is 8.03. The van der Waals surface area contributed by atoms with Gasteiger partial charge >= 0.3 is 6.18 Å². The van der Waals surface area contributed by atoms with E-state index in [0.29, 0.717) is 11.5 Å². The number of hydrogen-bond donors (Lipinski definition) is 1. The summed E-state index contributed by atoms with van der Waals surface area (Å²) in [6.45, 7) is 11.2. The predicted molar refractivity (Wildman–Crippen MR) is 102 cm³/mol. The van der Waals surface area contributed by atoms with E-state index in [4.69, 9.17) is 10.5 Å². The number of halogens is 3. The summed E-state index contributed by atoms with van der Waals surface area (Å²) in [5.41, 5.74) is 7.81. The van der Waals surface area contributed by atoms with Crippen molar-refractivity contribution < 1.29 is 17.9 Å². The zero-order valence-corrected chi connectivity index (χ0v) is 15.3. The Bertz CT molecular complexity index is 692. The molecule has 0 atom stereocenters. The number of hydrogen-bond acceptors (Lipinski definition) is 3. The van der Waals surface area contributed by atoms with Crippen molar-refractivity contribution in [2.45, 2.75) is 26.9 Å². The Labute approximate surface area is 153 Å². The molecule has 1 aromatic carbocycles. The molecule has 0 bridgehead atoms. The number of nitrogens with zero attached hydrogens (tertiary/aromatic N) is 1. The van der Waals surface area contributed by atoms with E-state index >= 15 is 0 Å². The molecule has 0 saturated carbocycles. The number of nitrogens with two attached hydrogens (primary N) is 1. The lowest BCUT2D eigenvalue weighted by molar-refractivity contribution is -0.153. The molecule has 6 heteroatoms. The summed E-state index contributed by atoms with van der Waals surface area (Å²) in [4.78, 5) is 4.12. The van der Waals surface area contributed by atoms with Crippen molar-refractivity contribution in [1.82, 2.24) is 4.98 Å². The molecular weight excluding hydrogens is 341 g/mol. The highest BCUT2D eigenvalue weighted by Crippen LogP contribution is 2.27. The van der Waals surface area contributed by atoms with Crippen molar-refractivity contribution >= 4 is 5.82 Å². The molecule has 2 N–H and O–H groups in total. The number of aromatic nitrogens is 1. The van der Waals surface area contributed by atoms with Crippen LogP contribution in [-0.2, 0) is 0 Å². The van der Waals surface area contributed by atoms with E-state index in [0.717, 1.165) is 11.1 Å². The monoisotopic (exact) mass is 366 g/mol. The Morgan fingerprint density at radius 3 is 2.23 bits per heavy atom. The lowest BCUT2D eigenvalue weighted by Gasteiger charge is -2.11. The highest BCUT2D eigenvalue weighted by Gasteiger charge is 2.28. The van der Waals surface area contributed by atoms with Crippen molar-refractivity contribution in [3.63, 3.8) is 0 Å². The van der Waals surface area contributed by atoms with Gasteiger partial charge in [-0.1, -0.05) is 51.3 Å². The average molecular weight is 366 g/mol. The first kappa shape index (κ1) is 23.2. The maximum atomic E-state index is 12.1. The smallest absolute Gasteiger partial charge is 0.422 e. The van der Waals surface area contributed by atoms with Crippen LogP contribution in [0.25, 0.3) is 11.1 Å². The van der Waals surface area contributed by atoms with Gasteiger partial charge in [-0.05, 0) is 36.8 Å². The molecular formula is C20H25F3N2O. The summed E-state index contributed by atoms with van der Waals surface area (Å²) in [6.07, 6.45) is -1.07. The first-order chi connectivity index (χ1) is 12.3. The normalized spacial score (nSPS) is 9.77. The molecule has 1 heterocycles. The van der Waals surface area contributed by atoms with Gasteiger partial charge in [-0.2, -0.15) is 13.2 Å². The van der Waals surface area contributed by atoms with E-state index in [1.54, 1.807) is 49.4 Å². The van der Waals surface area contributed by atoms with Crippen LogP contribution in [-0.4, -0.2) is 17.8 Å². The third kappa shape index (κ3) is 8.92. The fourth-order valence-electron chi connectivity index (χ4n) is 1.80. The lowest BCUT2D eigenvalue weighted by atomic mass is 10.0. The van der Waals surface area contributed by atoms with Crippen LogP contribution >= 0.6 is 0 Å². The number of aryl methyl sites for hydroxylation is 1. The summed E-state index contributed by atoms with van der Waals surface area (Å²) in [6, 6.07) is 9.87. The van der Waals surface area contributed by atoms with Gasteiger partial charge < -0.3 is 10.5 Å². The van der Waals surface area contributed by atoms with Crippen molar-refractivity contribution in [2.75, 3.05) is 12.3 Å². The highest BCUT2D eigenvalue weighted by molar-refractivity contribution is 5.68. The Kier molecular flexibility index (Phi) is 10.5. The number of allylic oxidation sites excluding steroid dienone is 2. The van der Waals surface area contributed by atoms with Gasteiger partial charge in [0.2, 0.25) is 0 Å². The quantitative estimate of drug-likeness (QED) is 0.679. The second kappa shape index (κ2) is 11.7. The standard InChI is InChI=1S/C14H13F3N2O.C4H6.C2H6/c1-9-12(5-6-13(18)19-9)10-3-2-4-11(7-10)20-8-14(15,16)17;1-3-4-2;1-2/h2-7H,8H2,1H3,(H2,18,19);3-4H,1-2H2;1-2H3. The maximum absolute atomic E-state index is 12.1. The van der Waals surface area contributed by atoms with E-state index in [-0.39, 0.29) is 5.75 Å². The average Bonchev–Trinajstić information content (AvgIpc) is 2.61. The van der Waals surface area contributed by atoms with Crippen LogP contribution in [0.2, 0.25) is 0 Å². The minimum Gasteiger partial charge on any atom is -0.484 e. The van der Waals surface area contributed by atoms with Crippen LogP contribution in [0.4, 0.5) is 19.0 Å². The fourth-order valence-corrected chi connectivity index (χ4v) is 1.80. The molecule has 3 nitrogen and oxygen atoms in total. The molecule has 0 saturated heterocycles. The Morgan fingerprint density at radius 1 is 1.12 bits per heavy atom. The van der Waals surface area contributed by atoms with E-state index in [9.17, 15) is 13.2 Å². The minimum absolute atomic E-state index is 0.163. The van der Waals surface area contributed by atoms with Gasteiger partial charge in [0.1, 0.15) is 11.6 Å². The second-order valence-corrected chi connectivity index (χ2v) is 4.77. The Morgan fingerprint density at radius 2 is 1.73 bits per heavy atom. The Balaban J connectivity index is 0.000000920. The first-order valence-electron chi connectivity index (χ1n) is 8.03. The van der Waals surface area contributed by atoms with Crippen LogP contribution in [0.5, 0.6) is 5.75 Å². The summed E-state index contributed by atoms with van der Waals surface area (Å²) in [7, 11) is 0. The van der Waals surface area contributed by atoms with E-state index in [1.165, 1.54) is 6.07 Å². The largest absolute Gasteiger partial charge is 0.484 e. The van der Waals surface area contributed by atoms with Crippen molar-refractivity contribution in [3.05, 3.63) is 67.4 Å². The van der Waals surface area contributed by atoms with Crippen LogP contribution in [0.3, 0.4) is 0 Å². The van der Waals surface area contributed by atoms with Crippen molar-refractivity contribution in [2.24, 2.45) is 0 Å². The molecule has 142 valence electrons. The molecule has 0 radical (unpaired) electrons. The summed E-state index contributed by atoms with van der Waals surface area (Å²) in [5.74, 6) is 0.562. The molecule has 1 aromatic heterocycles. The number of anilines is 1. The number of pyridine rings is 1. The van der Waals surface area contributed by atoms with Gasteiger partial charge in [-0.15, -0.1) is 0 Å². The fraction of sp³-hybridized carbons (Fsp3) is 0.250.